The van der Waals surface area contributed by atoms with Gasteiger partial charge in [-0.15, -0.1) is 0 Å². The number of fused-ring (bicyclic) bond motifs is 1. The standard InChI is InChI=1S/C28H39N7O7/c1-28(2,3)42-27(40)34(14-7-5-4-6-13-30-33-29)15-16-41-18-24(37)31-21-10-8-9-19-20(21)17-35(26(19)39)22-11-12-23(36)32-25(22)38/h8-10,22H,4-7,11-18H2,1-3H3,(H,31,37)(H,32,36,38). The van der Waals surface area contributed by atoms with Crippen LogP contribution in [0.2, 0.25) is 0 Å². The Balaban J connectivity index is 1.49. The third kappa shape index (κ3) is 9.45. The summed E-state index contributed by atoms with van der Waals surface area (Å²) in [5, 5.41) is 8.57. The van der Waals surface area contributed by atoms with E-state index in [9.17, 15) is 24.0 Å². The highest BCUT2D eigenvalue weighted by molar-refractivity contribution is 6.06. The summed E-state index contributed by atoms with van der Waals surface area (Å²) in [4.78, 5) is 67.9. The highest BCUT2D eigenvalue weighted by atomic mass is 16.6. The molecule has 42 heavy (non-hydrogen) atoms. The Labute approximate surface area is 244 Å². The molecule has 14 heteroatoms. The van der Waals surface area contributed by atoms with Crippen LogP contribution in [0, 0.1) is 0 Å². The van der Waals surface area contributed by atoms with E-state index in [4.69, 9.17) is 15.0 Å². The molecule has 1 atom stereocenters. The number of amides is 5. The summed E-state index contributed by atoms with van der Waals surface area (Å²) in [5.74, 6) is -1.62. The van der Waals surface area contributed by atoms with Crippen molar-refractivity contribution in [3.8, 4) is 0 Å². The first kappa shape index (κ1) is 32.4. The summed E-state index contributed by atoms with van der Waals surface area (Å²) in [7, 11) is 0. The SMILES string of the molecule is CC(C)(C)OC(=O)N(CCCCCCN=[N+]=[N-])CCOCC(=O)Nc1cccc2c1CN(C1CCC(=O)NC1=O)C2=O. The van der Waals surface area contributed by atoms with E-state index >= 15 is 0 Å². The monoisotopic (exact) mass is 585 g/mol. The zero-order valence-corrected chi connectivity index (χ0v) is 24.4. The number of nitrogens with zero attached hydrogens (tertiary/aromatic N) is 5. The van der Waals surface area contributed by atoms with E-state index in [0.717, 1.165) is 25.7 Å². The average Bonchev–Trinajstić information content (AvgIpc) is 3.25. The number of rotatable bonds is 14. The maximum atomic E-state index is 13.0. The molecule has 2 aliphatic rings. The molecule has 0 saturated carbocycles. The van der Waals surface area contributed by atoms with Crippen molar-refractivity contribution in [2.75, 3.05) is 38.2 Å². The molecule has 5 amide bonds. The van der Waals surface area contributed by atoms with E-state index in [1.54, 1.807) is 43.9 Å². The first-order valence-corrected chi connectivity index (χ1v) is 14.1. The summed E-state index contributed by atoms with van der Waals surface area (Å²) in [5.41, 5.74) is 9.13. The molecule has 2 N–H and O–H groups in total. The Morgan fingerprint density at radius 1 is 1.17 bits per heavy atom. The van der Waals surface area contributed by atoms with Gasteiger partial charge in [-0.3, -0.25) is 24.5 Å². The second kappa shape index (κ2) is 15.2. The molecule has 3 rings (SSSR count). The second-order valence-electron chi connectivity index (χ2n) is 11.2. The van der Waals surface area contributed by atoms with E-state index in [1.165, 1.54) is 4.90 Å². The van der Waals surface area contributed by atoms with Crippen LogP contribution in [0.15, 0.2) is 23.3 Å². The minimum absolute atomic E-state index is 0.109. The van der Waals surface area contributed by atoms with Crippen LogP contribution < -0.4 is 10.6 Å². The minimum atomic E-state index is -0.750. The number of anilines is 1. The van der Waals surface area contributed by atoms with Crippen molar-refractivity contribution in [3.63, 3.8) is 0 Å². The van der Waals surface area contributed by atoms with Gasteiger partial charge in [0.15, 0.2) is 0 Å². The van der Waals surface area contributed by atoms with Gasteiger partial charge in [-0.2, -0.15) is 0 Å². The largest absolute Gasteiger partial charge is 0.444 e. The molecule has 0 radical (unpaired) electrons. The molecule has 228 valence electrons. The third-order valence-electron chi connectivity index (χ3n) is 6.75. The maximum Gasteiger partial charge on any atom is 0.410 e. The molecular weight excluding hydrogens is 546 g/mol. The van der Waals surface area contributed by atoms with E-state index in [0.29, 0.717) is 29.9 Å². The number of imide groups is 1. The quantitative estimate of drug-likeness (QED) is 0.110. The predicted molar refractivity (Wildman–Crippen MR) is 152 cm³/mol. The van der Waals surface area contributed by atoms with Crippen LogP contribution in [0.5, 0.6) is 0 Å². The summed E-state index contributed by atoms with van der Waals surface area (Å²) < 4.78 is 11.1. The zero-order chi connectivity index (χ0) is 30.7. The molecular formula is C28H39N7O7. The average molecular weight is 586 g/mol. The van der Waals surface area contributed by atoms with Crippen molar-refractivity contribution in [3.05, 3.63) is 39.8 Å². The van der Waals surface area contributed by atoms with Crippen molar-refractivity contribution >= 4 is 35.4 Å². The number of ether oxygens (including phenoxy) is 2. The third-order valence-corrected chi connectivity index (χ3v) is 6.75. The number of hydrogen-bond acceptors (Lipinski definition) is 8. The summed E-state index contributed by atoms with van der Waals surface area (Å²) in [6.07, 6.45) is 3.19. The van der Waals surface area contributed by atoms with Crippen molar-refractivity contribution in [2.45, 2.75) is 77.5 Å². The first-order valence-electron chi connectivity index (χ1n) is 14.1. The number of azide groups is 1. The number of benzene rings is 1. The van der Waals surface area contributed by atoms with Crippen molar-refractivity contribution in [1.82, 2.24) is 15.1 Å². The highest BCUT2D eigenvalue weighted by Crippen LogP contribution is 2.32. The number of carbonyl (C=O) groups excluding carboxylic acids is 5. The van der Waals surface area contributed by atoms with Gasteiger partial charge in [-0.25, -0.2) is 4.79 Å². The molecule has 0 bridgehead atoms. The number of unbranched alkanes of at least 4 members (excludes halogenated alkanes) is 3. The van der Waals surface area contributed by atoms with E-state index in [2.05, 4.69) is 20.7 Å². The Morgan fingerprint density at radius 2 is 1.93 bits per heavy atom. The van der Waals surface area contributed by atoms with Crippen LogP contribution in [-0.2, 0) is 30.4 Å². The number of carbonyl (C=O) groups is 5. The van der Waals surface area contributed by atoms with Crippen molar-refractivity contribution in [1.29, 1.82) is 0 Å². The summed E-state index contributed by atoms with van der Waals surface area (Å²) in [6.45, 7) is 6.48. The second-order valence-corrected chi connectivity index (χ2v) is 11.2. The Morgan fingerprint density at radius 3 is 2.64 bits per heavy atom. The Kier molecular flexibility index (Phi) is 11.7. The lowest BCUT2D eigenvalue weighted by Crippen LogP contribution is -2.52. The van der Waals surface area contributed by atoms with Crippen LogP contribution >= 0.6 is 0 Å². The normalized spacial score (nSPS) is 16.4. The van der Waals surface area contributed by atoms with Crippen molar-refractivity contribution in [2.24, 2.45) is 5.11 Å². The Hall–Kier alpha value is -4.16. The minimum Gasteiger partial charge on any atom is -0.444 e. The molecule has 0 aliphatic carbocycles. The van der Waals surface area contributed by atoms with Gasteiger partial charge in [0.2, 0.25) is 17.7 Å². The number of nitrogens with one attached hydrogen (secondary N) is 2. The molecule has 0 spiro atoms. The van der Waals surface area contributed by atoms with E-state index < -0.39 is 29.6 Å². The molecule has 2 heterocycles. The smallest absolute Gasteiger partial charge is 0.410 e. The lowest BCUT2D eigenvalue weighted by atomic mass is 10.0. The summed E-state index contributed by atoms with van der Waals surface area (Å²) in [6, 6.07) is 4.22. The van der Waals surface area contributed by atoms with Gasteiger partial charge >= 0.3 is 6.09 Å². The fourth-order valence-corrected chi connectivity index (χ4v) is 4.73. The molecule has 1 saturated heterocycles. The molecule has 1 fully saturated rings. The van der Waals surface area contributed by atoms with Gasteiger partial charge in [-0.05, 0) is 57.7 Å². The highest BCUT2D eigenvalue weighted by Gasteiger charge is 2.40. The molecule has 14 nitrogen and oxygen atoms in total. The summed E-state index contributed by atoms with van der Waals surface area (Å²) >= 11 is 0. The van der Waals surface area contributed by atoms with Crippen LogP contribution in [0.3, 0.4) is 0 Å². The first-order chi connectivity index (χ1) is 20.0. The van der Waals surface area contributed by atoms with Gasteiger partial charge in [0.05, 0.1) is 6.61 Å². The van der Waals surface area contributed by atoms with E-state index in [-0.39, 0.29) is 51.0 Å². The molecule has 1 aromatic carbocycles. The number of hydrogen-bond donors (Lipinski definition) is 2. The lowest BCUT2D eigenvalue weighted by molar-refractivity contribution is -0.137. The number of piperidine rings is 1. The fourth-order valence-electron chi connectivity index (χ4n) is 4.73. The van der Waals surface area contributed by atoms with Crippen LogP contribution in [0.25, 0.3) is 10.4 Å². The molecule has 2 aliphatic heterocycles. The molecule has 0 aromatic heterocycles. The maximum absolute atomic E-state index is 13.0. The fraction of sp³-hybridized carbons (Fsp3) is 0.607. The van der Waals surface area contributed by atoms with Crippen LogP contribution in [0.4, 0.5) is 10.5 Å². The van der Waals surface area contributed by atoms with Crippen LogP contribution in [0.1, 0.15) is 75.2 Å². The van der Waals surface area contributed by atoms with Gasteiger partial charge < -0.3 is 24.6 Å². The van der Waals surface area contributed by atoms with Crippen molar-refractivity contribution < 1.29 is 33.4 Å². The van der Waals surface area contributed by atoms with E-state index in [1.807, 2.05) is 0 Å². The zero-order valence-electron chi connectivity index (χ0n) is 24.4. The lowest BCUT2D eigenvalue weighted by Gasteiger charge is -2.29. The predicted octanol–water partition coefficient (Wildman–Crippen LogP) is 3.51. The Bertz CT molecular complexity index is 1220. The van der Waals surface area contributed by atoms with Gasteiger partial charge in [0, 0.05) is 54.3 Å². The molecule has 1 unspecified atom stereocenters. The van der Waals surface area contributed by atoms with Gasteiger partial charge in [-0.1, -0.05) is 24.0 Å². The van der Waals surface area contributed by atoms with Gasteiger partial charge in [0.1, 0.15) is 18.2 Å². The molecule has 1 aromatic rings. The topological polar surface area (TPSA) is 183 Å². The van der Waals surface area contributed by atoms with Crippen LogP contribution in [-0.4, -0.2) is 84.0 Å². The van der Waals surface area contributed by atoms with Gasteiger partial charge in [0.25, 0.3) is 5.91 Å².